The number of anilines is 1. The molecule has 0 aromatic heterocycles. The van der Waals surface area contributed by atoms with Gasteiger partial charge in [-0.1, -0.05) is 19.8 Å². The Morgan fingerprint density at radius 2 is 1.94 bits per heavy atom. The molecule has 3 heteroatoms. The molecular formula is C14H19NOS. The number of thioether (sulfide) groups is 1. The maximum absolute atomic E-state index is 11.2. The van der Waals surface area contributed by atoms with Crippen molar-refractivity contribution < 1.29 is 4.79 Å². The normalized spacial score (nSPS) is 16.1. The fourth-order valence-corrected chi connectivity index (χ4v) is 3.31. The molecule has 1 fully saturated rings. The summed E-state index contributed by atoms with van der Waals surface area (Å²) in [4.78, 5) is 12.5. The van der Waals surface area contributed by atoms with E-state index >= 15 is 0 Å². The van der Waals surface area contributed by atoms with E-state index in [1.54, 1.807) is 0 Å². The largest absolute Gasteiger partial charge is 0.326 e. The van der Waals surface area contributed by atoms with Gasteiger partial charge in [-0.15, -0.1) is 11.8 Å². The zero-order valence-corrected chi connectivity index (χ0v) is 11.1. The number of rotatable bonds is 4. The molecule has 0 heterocycles. The predicted octanol–water partition coefficient (Wildman–Crippen LogP) is 4.07. The van der Waals surface area contributed by atoms with Gasteiger partial charge in [0.25, 0.3) is 0 Å². The molecule has 1 amide bonds. The third-order valence-electron chi connectivity index (χ3n) is 3.06. The molecule has 0 spiro atoms. The SMILES string of the molecule is CCC(=O)Nc1ccc(SC2CCCC2)cc1. The van der Waals surface area contributed by atoms with Crippen LogP contribution in [-0.4, -0.2) is 11.2 Å². The second-order valence-electron chi connectivity index (χ2n) is 4.45. The van der Waals surface area contributed by atoms with Crippen molar-refractivity contribution in [3.63, 3.8) is 0 Å². The summed E-state index contributed by atoms with van der Waals surface area (Å²) in [5, 5.41) is 3.66. The molecule has 2 nitrogen and oxygen atoms in total. The standard InChI is InChI=1S/C14H19NOS/c1-2-14(16)15-11-7-9-13(10-8-11)17-12-5-3-4-6-12/h7-10,12H,2-6H2,1H3,(H,15,16). The molecule has 0 bridgehead atoms. The van der Waals surface area contributed by atoms with Crippen LogP contribution in [0.2, 0.25) is 0 Å². The second kappa shape index (κ2) is 6.10. The monoisotopic (exact) mass is 249 g/mol. The molecule has 0 radical (unpaired) electrons. The van der Waals surface area contributed by atoms with Crippen LogP contribution in [0, 0.1) is 0 Å². The van der Waals surface area contributed by atoms with Crippen molar-refractivity contribution >= 4 is 23.4 Å². The van der Waals surface area contributed by atoms with Gasteiger partial charge in [0, 0.05) is 22.3 Å². The number of amides is 1. The van der Waals surface area contributed by atoms with Crippen molar-refractivity contribution in [1.82, 2.24) is 0 Å². The van der Waals surface area contributed by atoms with Gasteiger partial charge in [0.05, 0.1) is 0 Å². The van der Waals surface area contributed by atoms with Crippen LogP contribution < -0.4 is 5.32 Å². The smallest absolute Gasteiger partial charge is 0.224 e. The first-order valence-corrected chi connectivity index (χ1v) is 7.22. The topological polar surface area (TPSA) is 29.1 Å². The number of hydrogen-bond acceptors (Lipinski definition) is 2. The van der Waals surface area contributed by atoms with E-state index in [0.29, 0.717) is 6.42 Å². The average Bonchev–Trinajstić information content (AvgIpc) is 2.84. The molecule has 1 aliphatic rings. The first kappa shape index (κ1) is 12.5. The molecule has 0 atom stereocenters. The van der Waals surface area contributed by atoms with E-state index in [1.165, 1.54) is 30.6 Å². The maximum atomic E-state index is 11.2. The minimum absolute atomic E-state index is 0.0706. The van der Waals surface area contributed by atoms with Crippen LogP contribution in [0.25, 0.3) is 0 Å². The highest BCUT2D eigenvalue weighted by atomic mass is 32.2. The Hall–Kier alpha value is -0.960. The Morgan fingerprint density at radius 1 is 1.29 bits per heavy atom. The molecule has 92 valence electrons. The van der Waals surface area contributed by atoms with E-state index in [2.05, 4.69) is 17.4 Å². The van der Waals surface area contributed by atoms with Crippen molar-refractivity contribution in [2.24, 2.45) is 0 Å². The van der Waals surface area contributed by atoms with E-state index < -0.39 is 0 Å². The van der Waals surface area contributed by atoms with Crippen molar-refractivity contribution in [3.05, 3.63) is 24.3 Å². The third kappa shape index (κ3) is 3.77. The Balaban J connectivity index is 1.90. The lowest BCUT2D eigenvalue weighted by molar-refractivity contribution is -0.115. The molecule has 0 saturated heterocycles. The predicted molar refractivity (Wildman–Crippen MR) is 73.5 cm³/mol. The number of carbonyl (C=O) groups excluding carboxylic acids is 1. The third-order valence-corrected chi connectivity index (χ3v) is 4.41. The second-order valence-corrected chi connectivity index (χ2v) is 5.82. The number of nitrogens with one attached hydrogen (secondary N) is 1. The Kier molecular flexibility index (Phi) is 4.49. The van der Waals surface area contributed by atoms with Crippen molar-refractivity contribution in [2.45, 2.75) is 49.2 Å². The number of hydrogen-bond donors (Lipinski definition) is 1. The quantitative estimate of drug-likeness (QED) is 0.871. The summed E-state index contributed by atoms with van der Waals surface area (Å²) >= 11 is 1.97. The molecule has 0 aliphatic heterocycles. The minimum Gasteiger partial charge on any atom is -0.326 e. The van der Waals surface area contributed by atoms with Gasteiger partial charge in [0.15, 0.2) is 0 Å². The number of benzene rings is 1. The highest BCUT2D eigenvalue weighted by Gasteiger charge is 2.15. The summed E-state index contributed by atoms with van der Waals surface area (Å²) in [6.45, 7) is 1.86. The van der Waals surface area contributed by atoms with Gasteiger partial charge in [0.1, 0.15) is 0 Å². The minimum atomic E-state index is 0.0706. The molecule has 1 aliphatic carbocycles. The van der Waals surface area contributed by atoms with Crippen molar-refractivity contribution in [1.29, 1.82) is 0 Å². The van der Waals surface area contributed by atoms with Gasteiger partial charge in [-0.05, 0) is 37.1 Å². The van der Waals surface area contributed by atoms with Crippen LogP contribution in [-0.2, 0) is 4.79 Å². The van der Waals surface area contributed by atoms with Gasteiger partial charge in [-0.3, -0.25) is 4.79 Å². The van der Waals surface area contributed by atoms with E-state index in [9.17, 15) is 4.79 Å². The zero-order valence-electron chi connectivity index (χ0n) is 10.2. The summed E-state index contributed by atoms with van der Waals surface area (Å²) in [6.07, 6.45) is 5.97. The first-order chi connectivity index (χ1) is 8.28. The molecular weight excluding hydrogens is 230 g/mol. The summed E-state index contributed by atoms with van der Waals surface area (Å²) in [7, 11) is 0. The van der Waals surface area contributed by atoms with E-state index in [-0.39, 0.29) is 5.91 Å². The van der Waals surface area contributed by atoms with E-state index in [4.69, 9.17) is 0 Å². The molecule has 1 aromatic rings. The van der Waals surface area contributed by atoms with E-state index in [1.807, 2.05) is 30.8 Å². The fraction of sp³-hybridized carbons (Fsp3) is 0.500. The van der Waals surface area contributed by atoms with Crippen LogP contribution in [0.15, 0.2) is 29.2 Å². The number of carbonyl (C=O) groups is 1. The lowest BCUT2D eigenvalue weighted by atomic mass is 10.3. The van der Waals surface area contributed by atoms with Crippen molar-refractivity contribution in [2.75, 3.05) is 5.32 Å². The average molecular weight is 249 g/mol. The summed E-state index contributed by atoms with van der Waals surface area (Å²) < 4.78 is 0. The highest BCUT2D eigenvalue weighted by molar-refractivity contribution is 8.00. The molecule has 1 aromatic carbocycles. The van der Waals surface area contributed by atoms with E-state index in [0.717, 1.165) is 10.9 Å². The van der Waals surface area contributed by atoms with Crippen LogP contribution in [0.1, 0.15) is 39.0 Å². The summed E-state index contributed by atoms with van der Waals surface area (Å²) in [5.41, 5.74) is 0.896. The Labute approximate surface area is 107 Å². The molecule has 0 unspecified atom stereocenters. The lowest BCUT2D eigenvalue weighted by Crippen LogP contribution is -2.09. The highest BCUT2D eigenvalue weighted by Crippen LogP contribution is 2.34. The lowest BCUT2D eigenvalue weighted by Gasteiger charge is -2.09. The molecule has 17 heavy (non-hydrogen) atoms. The van der Waals surface area contributed by atoms with Crippen molar-refractivity contribution in [3.8, 4) is 0 Å². The van der Waals surface area contributed by atoms with Gasteiger partial charge < -0.3 is 5.32 Å². The van der Waals surface area contributed by atoms with Crippen LogP contribution in [0.4, 0.5) is 5.69 Å². The van der Waals surface area contributed by atoms with Gasteiger partial charge in [-0.2, -0.15) is 0 Å². The van der Waals surface area contributed by atoms with Gasteiger partial charge in [0.2, 0.25) is 5.91 Å². The molecule has 2 rings (SSSR count). The zero-order chi connectivity index (χ0) is 12.1. The fourth-order valence-electron chi connectivity index (χ4n) is 2.06. The van der Waals surface area contributed by atoms with Crippen LogP contribution >= 0.6 is 11.8 Å². The molecule has 1 saturated carbocycles. The van der Waals surface area contributed by atoms with Crippen LogP contribution in [0.5, 0.6) is 0 Å². The molecule has 1 N–H and O–H groups in total. The summed E-state index contributed by atoms with van der Waals surface area (Å²) in [5.74, 6) is 0.0706. The Bertz CT molecular complexity index is 368. The maximum Gasteiger partial charge on any atom is 0.224 e. The summed E-state index contributed by atoms with van der Waals surface area (Å²) in [6, 6.07) is 8.19. The van der Waals surface area contributed by atoms with Gasteiger partial charge >= 0.3 is 0 Å². The first-order valence-electron chi connectivity index (χ1n) is 6.34. The Morgan fingerprint density at radius 3 is 2.53 bits per heavy atom. The van der Waals surface area contributed by atoms with Gasteiger partial charge in [-0.25, -0.2) is 0 Å². The van der Waals surface area contributed by atoms with Crippen LogP contribution in [0.3, 0.4) is 0 Å².